The molecule has 9 nitrogen and oxygen atoms in total. The van der Waals surface area contributed by atoms with Crippen molar-refractivity contribution in [1.29, 1.82) is 0 Å². The molecule has 0 bridgehead atoms. The Morgan fingerprint density at radius 3 is 2.62 bits per heavy atom. The number of aliphatic hydroxyl groups excluding tert-OH is 1. The van der Waals surface area contributed by atoms with Gasteiger partial charge in [-0.1, -0.05) is 0 Å². The number of amides is 1. The zero-order valence-electron chi connectivity index (χ0n) is 13.0. The van der Waals surface area contributed by atoms with Crippen LogP contribution in [0.25, 0.3) is 0 Å². The lowest BCUT2D eigenvalue weighted by Crippen LogP contribution is -2.62. The zero-order valence-corrected chi connectivity index (χ0v) is 13.0. The predicted molar refractivity (Wildman–Crippen MR) is 81.0 cm³/mol. The third-order valence-electron chi connectivity index (χ3n) is 3.80. The van der Waals surface area contributed by atoms with Crippen LogP contribution in [0.4, 0.5) is 10.5 Å². The largest absolute Gasteiger partial charge is 0.508 e. The predicted octanol–water partition coefficient (Wildman–Crippen LogP) is 1.13. The highest BCUT2D eigenvalue weighted by Gasteiger charge is 2.44. The van der Waals surface area contributed by atoms with Crippen LogP contribution in [0.5, 0.6) is 0 Å². The second kappa shape index (κ2) is 7.73. The van der Waals surface area contributed by atoms with Crippen LogP contribution >= 0.6 is 0 Å². The van der Waals surface area contributed by atoms with Gasteiger partial charge in [0.25, 0.3) is 5.69 Å². The van der Waals surface area contributed by atoms with E-state index >= 15 is 0 Å². The first-order chi connectivity index (χ1) is 11.4. The topological polar surface area (TPSA) is 128 Å². The maximum Gasteiger partial charge on any atom is 0.508 e. The van der Waals surface area contributed by atoms with Gasteiger partial charge in [0.05, 0.1) is 10.8 Å². The van der Waals surface area contributed by atoms with Crippen molar-refractivity contribution >= 4 is 17.7 Å². The normalized spacial score (nSPS) is 20.5. The van der Waals surface area contributed by atoms with E-state index in [1.54, 1.807) is 6.92 Å². The molecule has 1 fully saturated rings. The SMILES string of the molecule is CC(OC(=O)OCc1ccc([N+](=O)[O-])cc1)[C@H]1C(=O)N[C@@H]1CCO. The Bertz CT molecular complexity index is 617. The summed E-state index contributed by atoms with van der Waals surface area (Å²) in [6, 6.07) is 5.35. The molecule has 1 heterocycles. The Balaban J connectivity index is 1.80. The second-order valence-electron chi connectivity index (χ2n) is 5.44. The van der Waals surface area contributed by atoms with Crippen molar-refractivity contribution in [3.05, 3.63) is 39.9 Å². The number of β-lactam (4-membered cyclic amide) rings is 1. The number of nitro benzene ring substituents is 1. The van der Waals surface area contributed by atoms with E-state index in [0.717, 1.165) is 0 Å². The lowest BCUT2D eigenvalue weighted by atomic mass is 9.84. The fourth-order valence-corrected chi connectivity index (χ4v) is 2.50. The fourth-order valence-electron chi connectivity index (χ4n) is 2.50. The average Bonchev–Trinajstić information content (AvgIpc) is 2.52. The van der Waals surface area contributed by atoms with Crippen molar-refractivity contribution in [2.45, 2.75) is 32.1 Å². The van der Waals surface area contributed by atoms with Crippen LogP contribution in [0.3, 0.4) is 0 Å². The number of aliphatic hydroxyl groups is 1. The summed E-state index contributed by atoms with van der Waals surface area (Å²) < 4.78 is 10.0. The molecule has 0 radical (unpaired) electrons. The molecule has 2 N–H and O–H groups in total. The quantitative estimate of drug-likeness (QED) is 0.330. The summed E-state index contributed by atoms with van der Waals surface area (Å²) in [5.41, 5.74) is 0.519. The molecule has 1 amide bonds. The molecule has 130 valence electrons. The minimum atomic E-state index is -0.927. The number of rotatable bonds is 7. The number of carbonyl (C=O) groups is 2. The number of hydrogen-bond donors (Lipinski definition) is 2. The van der Waals surface area contributed by atoms with Crippen LogP contribution in [-0.2, 0) is 20.9 Å². The molecule has 9 heteroatoms. The first kappa shape index (κ1) is 17.7. The molecule has 3 atom stereocenters. The number of carbonyl (C=O) groups excluding carboxylic acids is 2. The Labute approximate surface area is 137 Å². The van der Waals surface area contributed by atoms with Crippen LogP contribution in [0.2, 0.25) is 0 Å². The molecule has 0 aromatic heterocycles. The minimum absolute atomic E-state index is 0.0548. The third-order valence-corrected chi connectivity index (χ3v) is 3.80. The lowest BCUT2D eigenvalue weighted by molar-refractivity contribution is -0.384. The standard InChI is InChI=1S/C15H18N2O7/c1-9(13-12(6-7-18)16-14(13)19)24-15(20)23-8-10-2-4-11(5-3-10)17(21)22/h2-5,9,12-13,18H,6-8H2,1H3,(H,16,19)/t9?,12-,13-/m1/s1. The summed E-state index contributed by atoms with van der Waals surface area (Å²) in [6.45, 7) is 1.42. The summed E-state index contributed by atoms with van der Waals surface area (Å²) in [7, 11) is 0. The number of nitrogens with one attached hydrogen (secondary N) is 1. The number of ether oxygens (including phenoxy) is 2. The van der Waals surface area contributed by atoms with Gasteiger partial charge in [-0.15, -0.1) is 0 Å². The van der Waals surface area contributed by atoms with Crippen LogP contribution < -0.4 is 5.32 Å². The van der Waals surface area contributed by atoms with Crippen molar-refractivity contribution in [3.63, 3.8) is 0 Å². The molecule has 0 saturated carbocycles. The first-order valence-electron chi connectivity index (χ1n) is 7.40. The number of nitro groups is 1. The highest BCUT2D eigenvalue weighted by Crippen LogP contribution is 2.24. The van der Waals surface area contributed by atoms with Gasteiger partial charge in [-0.05, 0) is 31.0 Å². The molecule has 1 aliphatic rings. The summed E-state index contributed by atoms with van der Waals surface area (Å²) in [6.07, 6.45) is -1.22. The monoisotopic (exact) mass is 338 g/mol. The third kappa shape index (κ3) is 4.19. The van der Waals surface area contributed by atoms with Crippen LogP contribution in [0.1, 0.15) is 18.9 Å². The van der Waals surface area contributed by atoms with Gasteiger partial charge >= 0.3 is 6.16 Å². The van der Waals surface area contributed by atoms with Crippen molar-refractivity contribution in [1.82, 2.24) is 5.32 Å². The van der Waals surface area contributed by atoms with Gasteiger partial charge in [0.2, 0.25) is 5.91 Å². The van der Waals surface area contributed by atoms with Gasteiger partial charge in [0, 0.05) is 24.8 Å². The van der Waals surface area contributed by atoms with Gasteiger partial charge in [0.15, 0.2) is 0 Å². The Morgan fingerprint density at radius 2 is 2.08 bits per heavy atom. The van der Waals surface area contributed by atoms with E-state index in [1.807, 2.05) is 0 Å². The van der Waals surface area contributed by atoms with Crippen molar-refractivity contribution in [2.75, 3.05) is 6.61 Å². The van der Waals surface area contributed by atoms with Crippen molar-refractivity contribution < 1.29 is 29.1 Å². The van der Waals surface area contributed by atoms with E-state index in [9.17, 15) is 19.7 Å². The number of hydrogen-bond acceptors (Lipinski definition) is 7. The maximum atomic E-state index is 11.7. The number of nitrogens with zero attached hydrogens (tertiary/aromatic N) is 1. The molecule has 1 aromatic rings. The van der Waals surface area contributed by atoms with E-state index in [0.29, 0.717) is 12.0 Å². The molecule has 1 aliphatic heterocycles. The lowest BCUT2D eigenvalue weighted by Gasteiger charge is -2.39. The molecule has 1 unspecified atom stereocenters. The second-order valence-corrected chi connectivity index (χ2v) is 5.44. The van der Waals surface area contributed by atoms with Gasteiger partial charge < -0.3 is 19.9 Å². The molecule has 1 saturated heterocycles. The van der Waals surface area contributed by atoms with Gasteiger partial charge in [-0.25, -0.2) is 4.79 Å². The smallest absolute Gasteiger partial charge is 0.430 e. The van der Waals surface area contributed by atoms with E-state index < -0.39 is 23.1 Å². The Morgan fingerprint density at radius 1 is 1.42 bits per heavy atom. The summed E-state index contributed by atoms with van der Waals surface area (Å²) >= 11 is 0. The van der Waals surface area contributed by atoms with Gasteiger partial charge in [-0.3, -0.25) is 14.9 Å². The summed E-state index contributed by atoms with van der Waals surface area (Å²) in [4.78, 5) is 33.2. The number of non-ortho nitro benzene ring substituents is 1. The highest BCUT2D eigenvalue weighted by molar-refractivity contribution is 5.86. The first-order valence-corrected chi connectivity index (χ1v) is 7.40. The molecule has 1 aromatic carbocycles. The fraction of sp³-hybridized carbons (Fsp3) is 0.467. The highest BCUT2D eigenvalue weighted by atomic mass is 16.7. The minimum Gasteiger partial charge on any atom is -0.430 e. The summed E-state index contributed by atoms with van der Waals surface area (Å²) in [5, 5.41) is 22.1. The van der Waals surface area contributed by atoms with Crippen LogP contribution in [0, 0.1) is 16.0 Å². The molecule has 2 rings (SSSR count). The van der Waals surface area contributed by atoms with Crippen LogP contribution in [-0.4, -0.2) is 40.8 Å². The van der Waals surface area contributed by atoms with Gasteiger partial charge in [0.1, 0.15) is 12.7 Å². The molecular formula is C15H18N2O7. The zero-order chi connectivity index (χ0) is 17.7. The molecule has 0 spiro atoms. The average molecular weight is 338 g/mol. The Hall–Kier alpha value is -2.68. The van der Waals surface area contributed by atoms with Crippen LogP contribution in [0.15, 0.2) is 24.3 Å². The molecular weight excluding hydrogens is 320 g/mol. The maximum absolute atomic E-state index is 11.7. The van der Waals surface area contributed by atoms with E-state index in [4.69, 9.17) is 14.6 Å². The molecule has 0 aliphatic carbocycles. The van der Waals surface area contributed by atoms with E-state index in [1.165, 1.54) is 24.3 Å². The number of benzene rings is 1. The van der Waals surface area contributed by atoms with Crippen molar-refractivity contribution in [2.24, 2.45) is 5.92 Å². The van der Waals surface area contributed by atoms with E-state index in [-0.39, 0.29) is 30.9 Å². The van der Waals surface area contributed by atoms with E-state index in [2.05, 4.69) is 5.32 Å². The summed E-state index contributed by atoms with van der Waals surface area (Å²) in [5.74, 6) is -0.742. The van der Waals surface area contributed by atoms with Gasteiger partial charge in [-0.2, -0.15) is 0 Å². The Kier molecular flexibility index (Phi) is 5.69. The molecule has 24 heavy (non-hydrogen) atoms. The van der Waals surface area contributed by atoms with Crippen molar-refractivity contribution in [3.8, 4) is 0 Å².